The molecule has 0 fully saturated rings. The van der Waals surface area contributed by atoms with Gasteiger partial charge in [0.05, 0.1) is 6.61 Å². The van der Waals surface area contributed by atoms with Crippen molar-refractivity contribution >= 4 is 11.7 Å². The van der Waals surface area contributed by atoms with Crippen molar-refractivity contribution in [2.24, 2.45) is 5.92 Å². The van der Waals surface area contributed by atoms with Gasteiger partial charge in [-0.15, -0.1) is 0 Å². The van der Waals surface area contributed by atoms with Gasteiger partial charge in [0.25, 0.3) is 0 Å². The van der Waals surface area contributed by atoms with Gasteiger partial charge >= 0.3 is 0 Å². The van der Waals surface area contributed by atoms with Gasteiger partial charge in [0.2, 0.25) is 5.91 Å². The van der Waals surface area contributed by atoms with E-state index < -0.39 is 0 Å². The molecular formula is C23H28FNO3. The van der Waals surface area contributed by atoms with Crippen molar-refractivity contribution in [1.82, 2.24) is 5.32 Å². The van der Waals surface area contributed by atoms with Crippen molar-refractivity contribution < 1.29 is 18.7 Å². The van der Waals surface area contributed by atoms with Crippen LogP contribution in [0.3, 0.4) is 0 Å². The molecule has 0 aliphatic carbocycles. The van der Waals surface area contributed by atoms with Crippen molar-refractivity contribution in [3.8, 4) is 5.75 Å². The average molecular weight is 385 g/mol. The molecule has 0 spiro atoms. The van der Waals surface area contributed by atoms with Crippen LogP contribution in [0.2, 0.25) is 0 Å². The van der Waals surface area contributed by atoms with Crippen LogP contribution in [0.15, 0.2) is 48.5 Å². The maximum atomic E-state index is 13.0. The molecule has 0 bridgehead atoms. The Bertz CT molecular complexity index is 769. The van der Waals surface area contributed by atoms with Crippen LogP contribution in [0, 0.1) is 11.7 Å². The van der Waals surface area contributed by atoms with Gasteiger partial charge < -0.3 is 10.1 Å². The topological polar surface area (TPSA) is 55.4 Å². The van der Waals surface area contributed by atoms with Gasteiger partial charge in [0, 0.05) is 18.0 Å². The van der Waals surface area contributed by atoms with Crippen LogP contribution >= 0.6 is 0 Å². The Kier molecular flexibility index (Phi) is 8.18. The fourth-order valence-corrected chi connectivity index (χ4v) is 2.82. The van der Waals surface area contributed by atoms with Crippen LogP contribution in [0.25, 0.3) is 0 Å². The standard InChI is InChI=1S/C23H28FNO3/c1-16(2)22(15-18-6-10-20(24)11-7-18)25-23(27)5-4-14-28-21-12-8-19(9-13-21)17(3)26/h6-13,16,22H,4-5,14-15H2,1-3H3,(H,25,27). The minimum absolute atomic E-state index is 0.00185. The van der Waals surface area contributed by atoms with E-state index in [1.165, 1.54) is 19.1 Å². The lowest BCUT2D eigenvalue weighted by Gasteiger charge is -2.22. The molecular weight excluding hydrogens is 357 g/mol. The Labute approximate surface area is 166 Å². The van der Waals surface area contributed by atoms with Gasteiger partial charge in [-0.25, -0.2) is 4.39 Å². The van der Waals surface area contributed by atoms with Crippen LogP contribution in [0.1, 0.15) is 49.5 Å². The first-order valence-corrected chi connectivity index (χ1v) is 9.62. The highest BCUT2D eigenvalue weighted by Gasteiger charge is 2.16. The van der Waals surface area contributed by atoms with E-state index >= 15 is 0 Å². The number of Topliss-reactive ketones (excluding diaryl/α,β-unsaturated/α-hetero) is 1. The largest absolute Gasteiger partial charge is 0.494 e. The fraction of sp³-hybridized carbons (Fsp3) is 0.391. The predicted molar refractivity (Wildman–Crippen MR) is 108 cm³/mol. The molecule has 0 aromatic heterocycles. The van der Waals surface area contributed by atoms with E-state index in [-0.39, 0.29) is 29.5 Å². The molecule has 0 aliphatic heterocycles. The maximum absolute atomic E-state index is 13.0. The predicted octanol–water partition coefficient (Wildman–Crippen LogP) is 4.57. The third kappa shape index (κ3) is 7.14. The first kappa shape index (κ1) is 21.6. The molecule has 4 nitrogen and oxygen atoms in total. The van der Waals surface area contributed by atoms with Gasteiger partial charge in [-0.3, -0.25) is 9.59 Å². The van der Waals surface area contributed by atoms with Crippen molar-refractivity contribution in [1.29, 1.82) is 0 Å². The number of carbonyl (C=O) groups is 2. The molecule has 0 saturated carbocycles. The summed E-state index contributed by atoms with van der Waals surface area (Å²) in [5.74, 6) is 0.691. The first-order valence-electron chi connectivity index (χ1n) is 9.62. The number of nitrogens with one attached hydrogen (secondary N) is 1. The summed E-state index contributed by atoms with van der Waals surface area (Å²) < 4.78 is 18.7. The smallest absolute Gasteiger partial charge is 0.220 e. The molecule has 0 saturated heterocycles. The minimum Gasteiger partial charge on any atom is -0.494 e. The summed E-state index contributed by atoms with van der Waals surface area (Å²) in [4.78, 5) is 23.5. The van der Waals surface area contributed by atoms with Crippen molar-refractivity contribution in [2.75, 3.05) is 6.61 Å². The van der Waals surface area contributed by atoms with Crippen LogP contribution < -0.4 is 10.1 Å². The number of ketones is 1. The van der Waals surface area contributed by atoms with E-state index in [9.17, 15) is 14.0 Å². The van der Waals surface area contributed by atoms with Crippen molar-refractivity contribution in [2.45, 2.75) is 46.1 Å². The SMILES string of the molecule is CC(=O)c1ccc(OCCCC(=O)NC(Cc2ccc(F)cc2)C(C)C)cc1. The van der Waals surface area contributed by atoms with Crippen LogP contribution in [-0.4, -0.2) is 24.3 Å². The second kappa shape index (κ2) is 10.6. The molecule has 1 unspecified atom stereocenters. The molecule has 1 N–H and O–H groups in total. The van der Waals surface area contributed by atoms with Crippen molar-refractivity contribution in [3.63, 3.8) is 0 Å². The highest BCUT2D eigenvalue weighted by molar-refractivity contribution is 5.94. The Morgan fingerprint density at radius 1 is 1.04 bits per heavy atom. The Balaban J connectivity index is 1.74. The molecule has 150 valence electrons. The van der Waals surface area contributed by atoms with E-state index in [1.807, 2.05) is 0 Å². The minimum atomic E-state index is -0.259. The number of rotatable bonds is 10. The third-order valence-electron chi connectivity index (χ3n) is 4.60. The molecule has 1 amide bonds. The summed E-state index contributed by atoms with van der Waals surface area (Å²) in [5, 5.41) is 3.07. The van der Waals surface area contributed by atoms with Crippen LogP contribution in [0.5, 0.6) is 5.75 Å². The summed E-state index contributed by atoms with van der Waals surface area (Å²) in [6.07, 6.45) is 1.64. The molecule has 2 aromatic rings. The number of benzene rings is 2. The number of halogens is 1. The zero-order valence-corrected chi connectivity index (χ0v) is 16.7. The quantitative estimate of drug-likeness (QED) is 0.481. The van der Waals surface area contributed by atoms with E-state index in [1.54, 1.807) is 36.4 Å². The molecule has 1 atom stereocenters. The highest BCUT2D eigenvalue weighted by Crippen LogP contribution is 2.14. The summed E-state index contributed by atoms with van der Waals surface area (Å²) in [5.41, 5.74) is 1.64. The number of hydrogen-bond acceptors (Lipinski definition) is 3. The summed E-state index contributed by atoms with van der Waals surface area (Å²) in [6, 6.07) is 13.4. The maximum Gasteiger partial charge on any atom is 0.220 e. The number of ether oxygens (including phenoxy) is 1. The van der Waals surface area contributed by atoms with Gasteiger partial charge in [-0.05, 0) is 67.6 Å². The second-order valence-corrected chi connectivity index (χ2v) is 7.28. The monoisotopic (exact) mass is 385 g/mol. The zero-order valence-electron chi connectivity index (χ0n) is 16.7. The Morgan fingerprint density at radius 2 is 1.68 bits per heavy atom. The third-order valence-corrected chi connectivity index (χ3v) is 4.60. The normalized spacial score (nSPS) is 11.9. The summed E-state index contributed by atoms with van der Waals surface area (Å²) in [6.45, 7) is 6.07. The van der Waals surface area contributed by atoms with Gasteiger partial charge in [-0.2, -0.15) is 0 Å². The van der Waals surface area contributed by atoms with E-state index in [4.69, 9.17) is 4.74 Å². The molecule has 2 rings (SSSR count). The summed E-state index contributed by atoms with van der Waals surface area (Å²) >= 11 is 0. The number of hydrogen-bond donors (Lipinski definition) is 1. The van der Waals surface area contributed by atoms with Gasteiger partial charge in [0.1, 0.15) is 11.6 Å². The van der Waals surface area contributed by atoms with E-state index in [0.717, 1.165) is 5.56 Å². The zero-order chi connectivity index (χ0) is 20.5. The Morgan fingerprint density at radius 3 is 2.25 bits per heavy atom. The molecule has 5 heteroatoms. The molecule has 28 heavy (non-hydrogen) atoms. The van der Waals surface area contributed by atoms with Gasteiger partial charge in [0.15, 0.2) is 5.78 Å². The van der Waals surface area contributed by atoms with E-state index in [2.05, 4.69) is 19.2 Å². The average Bonchev–Trinajstić information content (AvgIpc) is 2.66. The Hall–Kier alpha value is -2.69. The lowest BCUT2D eigenvalue weighted by Crippen LogP contribution is -2.40. The highest BCUT2D eigenvalue weighted by atomic mass is 19.1. The lowest BCUT2D eigenvalue weighted by molar-refractivity contribution is -0.122. The lowest BCUT2D eigenvalue weighted by atomic mass is 9.96. The fourth-order valence-electron chi connectivity index (χ4n) is 2.82. The molecule has 0 aliphatic rings. The van der Waals surface area contributed by atoms with Crippen LogP contribution in [0.4, 0.5) is 4.39 Å². The van der Waals surface area contributed by atoms with Gasteiger partial charge in [-0.1, -0.05) is 26.0 Å². The first-order chi connectivity index (χ1) is 13.3. The molecule has 0 radical (unpaired) electrons. The number of carbonyl (C=O) groups excluding carboxylic acids is 2. The van der Waals surface area contributed by atoms with Crippen LogP contribution in [-0.2, 0) is 11.2 Å². The summed E-state index contributed by atoms with van der Waals surface area (Å²) in [7, 11) is 0. The van der Waals surface area contributed by atoms with E-state index in [0.29, 0.717) is 37.2 Å². The molecule has 2 aromatic carbocycles. The molecule has 0 heterocycles. The second-order valence-electron chi connectivity index (χ2n) is 7.28. The number of amides is 1. The van der Waals surface area contributed by atoms with Crippen molar-refractivity contribution in [3.05, 3.63) is 65.5 Å².